The van der Waals surface area contributed by atoms with Crippen LogP contribution >= 0.6 is 0 Å². The van der Waals surface area contributed by atoms with Crippen molar-refractivity contribution in [2.45, 2.75) is 13.0 Å². The molecule has 0 N–H and O–H groups in total. The molecule has 0 atom stereocenters. The van der Waals surface area contributed by atoms with E-state index in [9.17, 15) is 13.6 Å². The number of allylic oxidation sites excluding steroid dienone is 1. The van der Waals surface area contributed by atoms with Crippen molar-refractivity contribution >= 4 is 11.9 Å². The summed E-state index contributed by atoms with van der Waals surface area (Å²) in [6.45, 7) is -2.92. The van der Waals surface area contributed by atoms with E-state index in [1.807, 2.05) is 18.2 Å². The van der Waals surface area contributed by atoms with Gasteiger partial charge >= 0.3 is 6.61 Å². The number of halogens is 2. The van der Waals surface area contributed by atoms with Gasteiger partial charge in [-0.3, -0.25) is 4.79 Å². The number of hydrogen-bond donors (Lipinski definition) is 0. The fourth-order valence-corrected chi connectivity index (χ4v) is 2.64. The van der Waals surface area contributed by atoms with Crippen molar-refractivity contribution in [3.8, 4) is 11.5 Å². The molecule has 0 saturated carbocycles. The minimum absolute atomic E-state index is 0.00697. The molecule has 23 heavy (non-hydrogen) atoms. The monoisotopic (exact) mass is 316 g/mol. The van der Waals surface area contributed by atoms with Crippen LogP contribution in [-0.2, 0) is 6.42 Å². The third-order valence-electron chi connectivity index (χ3n) is 3.68. The van der Waals surface area contributed by atoms with Crippen LogP contribution in [0.3, 0.4) is 0 Å². The minimum Gasteiger partial charge on any atom is -0.493 e. The van der Waals surface area contributed by atoms with Gasteiger partial charge in [-0.15, -0.1) is 0 Å². The zero-order chi connectivity index (χ0) is 16.4. The van der Waals surface area contributed by atoms with Crippen LogP contribution in [0.5, 0.6) is 11.5 Å². The van der Waals surface area contributed by atoms with Gasteiger partial charge in [-0.2, -0.15) is 8.78 Å². The van der Waals surface area contributed by atoms with Crippen molar-refractivity contribution in [2.24, 2.45) is 0 Å². The summed E-state index contributed by atoms with van der Waals surface area (Å²) in [5.41, 5.74) is 3.06. The molecule has 0 spiro atoms. The molecule has 3 nitrogen and oxygen atoms in total. The molecule has 0 fully saturated rings. The standard InChI is InChI=1S/C18H14F2O3/c1-22-16-9-11(6-7-15(16)23-18(19)20)8-13-10-12-4-2-3-5-14(12)17(13)21/h2-9,18H,10H2,1H3. The lowest BCUT2D eigenvalue weighted by Crippen LogP contribution is -2.03. The molecule has 5 heteroatoms. The summed E-state index contributed by atoms with van der Waals surface area (Å²) in [4.78, 5) is 12.3. The fraction of sp³-hybridized carbons (Fsp3) is 0.167. The first-order valence-electron chi connectivity index (χ1n) is 7.04. The smallest absolute Gasteiger partial charge is 0.387 e. The molecule has 3 rings (SSSR count). The van der Waals surface area contributed by atoms with Crippen LogP contribution in [-0.4, -0.2) is 19.5 Å². The van der Waals surface area contributed by atoms with Gasteiger partial charge in [0, 0.05) is 17.6 Å². The molecule has 0 aromatic heterocycles. The van der Waals surface area contributed by atoms with Crippen molar-refractivity contribution in [3.63, 3.8) is 0 Å². The number of Topliss-reactive ketones (excluding diaryl/α,β-unsaturated/α-hetero) is 1. The molecular weight excluding hydrogens is 302 g/mol. The van der Waals surface area contributed by atoms with E-state index in [0.717, 1.165) is 5.56 Å². The number of fused-ring (bicyclic) bond motifs is 1. The zero-order valence-electron chi connectivity index (χ0n) is 12.4. The number of ketones is 1. The highest BCUT2D eigenvalue weighted by Crippen LogP contribution is 2.32. The number of carbonyl (C=O) groups is 1. The molecule has 0 heterocycles. The van der Waals surface area contributed by atoms with Crippen LogP contribution in [0.15, 0.2) is 48.0 Å². The second-order valence-electron chi connectivity index (χ2n) is 5.12. The SMILES string of the molecule is COc1cc(C=C2Cc3ccccc3C2=O)ccc1OC(F)F. The summed E-state index contributed by atoms with van der Waals surface area (Å²) in [6.07, 6.45) is 2.31. The fourth-order valence-electron chi connectivity index (χ4n) is 2.64. The number of benzene rings is 2. The molecule has 0 saturated heterocycles. The summed E-state index contributed by atoms with van der Waals surface area (Å²) < 4.78 is 34.1. The van der Waals surface area contributed by atoms with E-state index < -0.39 is 6.61 Å². The maximum Gasteiger partial charge on any atom is 0.387 e. The normalized spacial score (nSPS) is 15.1. The molecule has 0 radical (unpaired) electrons. The zero-order valence-corrected chi connectivity index (χ0v) is 12.4. The van der Waals surface area contributed by atoms with E-state index in [1.165, 1.54) is 13.2 Å². The second-order valence-corrected chi connectivity index (χ2v) is 5.12. The molecule has 1 aliphatic rings. The Labute approximate surface area is 132 Å². The summed E-state index contributed by atoms with van der Waals surface area (Å²) >= 11 is 0. The lowest BCUT2D eigenvalue weighted by molar-refractivity contribution is -0.0512. The summed E-state index contributed by atoms with van der Waals surface area (Å²) in [6, 6.07) is 12.1. The minimum atomic E-state index is -2.92. The molecule has 2 aromatic rings. The highest BCUT2D eigenvalue weighted by molar-refractivity contribution is 6.15. The number of ether oxygens (including phenoxy) is 2. The average molecular weight is 316 g/mol. The summed E-state index contributed by atoms with van der Waals surface area (Å²) in [5.74, 6) is 0.153. The predicted octanol–water partition coefficient (Wildman–Crippen LogP) is 4.12. The van der Waals surface area contributed by atoms with Crippen molar-refractivity contribution in [3.05, 3.63) is 64.7 Å². The van der Waals surface area contributed by atoms with Gasteiger partial charge in [0.25, 0.3) is 0 Å². The number of carbonyl (C=O) groups excluding carboxylic acids is 1. The lowest BCUT2D eigenvalue weighted by Gasteiger charge is -2.10. The van der Waals surface area contributed by atoms with Crippen molar-refractivity contribution in [2.75, 3.05) is 7.11 Å². The van der Waals surface area contributed by atoms with Gasteiger partial charge in [-0.1, -0.05) is 30.3 Å². The molecule has 2 aromatic carbocycles. The van der Waals surface area contributed by atoms with Gasteiger partial charge in [0.1, 0.15) is 0 Å². The van der Waals surface area contributed by atoms with Gasteiger partial charge in [-0.25, -0.2) is 0 Å². The Bertz CT molecular complexity index is 782. The molecule has 0 aliphatic heterocycles. The number of rotatable bonds is 4. The molecule has 0 unspecified atom stereocenters. The Kier molecular flexibility index (Phi) is 4.10. The van der Waals surface area contributed by atoms with Gasteiger partial charge in [0.05, 0.1) is 7.11 Å². The van der Waals surface area contributed by atoms with E-state index >= 15 is 0 Å². The van der Waals surface area contributed by atoms with Crippen LogP contribution in [0.1, 0.15) is 21.5 Å². The Morgan fingerprint density at radius 3 is 2.61 bits per heavy atom. The summed E-state index contributed by atoms with van der Waals surface area (Å²) in [7, 11) is 1.38. The summed E-state index contributed by atoms with van der Waals surface area (Å²) in [5, 5.41) is 0. The number of alkyl halides is 2. The maximum atomic E-state index is 12.3. The second kappa shape index (κ2) is 6.20. The Balaban J connectivity index is 1.90. The highest BCUT2D eigenvalue weighted by Gasteiger charge is 2.24. The largest absolute Gasteiger partial charge is 0.493 e. The maximum absolute atomic E-state index is 12.3. The molecule has 0 amide bonds. The predicted molar refractivity (Wildman–Crippen MR) is 82.1 cm³/mol. The van der Waals surface area contributed by atoms with Crippen molar-refractivity contribution in [1.29, 1.82) is 0 Å². The van der Waals surface area contributed by atoms with Crippen LogP contribution in [0.25, 0.3) is 6.08 Å². The number of methoxy groups -OCH3 is 1. The van der Waals surface area contributed by atoms with Gasteiger partial charge in [-0.05, 0) is 29.3 Å². The van der Waals surface area contributed by atoms with E-state index in [4.69, 9.17) is 4.74 Å². The van der Waals surface area contributed by atoms with E-state index in [0.29, 0.717) is 23.1 Å². The van der Waals surface area contributed by atoms with Crippen molar-refractivity contribution < 1.29 is 23.0 Å². The molecule has 1 aliphatic carbocycles. The topological polar surface area (TPSA) is 35.5 Å². The molecule has 0 bridgehead atoms. The lowest BCUT2D eigenvalue weighted by atomic mass is 10.1. The average Bonchev–Trinajstić information content (AvgIpc) is 2.85. The number of hydrogen-bond acceptors (Lipinski definition) is 3. The van der Waals surface area contributed by atoms with Gasteiger partial charge < -0.3 is 9.47 Å². The Hall–Kier alpha value is -2.69. The van der Waals surface area contributed by atoms with Crippen LogP contribution in [0, 0.1) is 0 Å². The Morgan fingerprint density at radius 1 is 1.13 bits per heavy atom. The first-order valence-corrected chi connectivity index (χ1v) is 7.04. The third-order valence-corrected chi connectivity index (χ3v) is 3.68. The van der Waals surface area contributed by atoms with Crippen LogP contribution in [0.4, 0.5) is 8.78 Å². The third kappa shape index (κ3) is 3.08. The highest BCUT2D eigenvalue weighted by atomic mass is 19.3. The van der Waals surface area contributed by atoms with E-state index in [1.54, 1.807) is 24.3 Å². The molecule has 118 valence electrons. The Morgan fingerprint density at radius 2 is 1.91 bits per heavy atom. The first kappa shape index (κ1) is 15.2. The molecular formula is C18H14F2O3. The first-order chi connectivity index (χ1) is 11.1. The van der Waals surface area contributed by atoms with Crippen LogP contribution in [0.2, 0.25) is 0 Å². The quantitative estimate of drug-likeness (QED) is 0.796. The van der Waals surface area contributed by atoms with Gasteiger partial charge in [0.2, 0.25) is 0 Å². The van der Waals surface area contributed by atoms with Crippen molar-refractivity contribution in [1.82, 2.24) is 0 Å². The van der Waals surface area contributed by atoms with E-state index in [2.05, 4.69) is 4.74 Å². The van der Waals surface area contributed by atoms with Gasteiger partial charge in [0.15, 0.2) is 17.3 Å². The van der Waals surface area contributed by atoms with E-state index in [-0.39, 0.29) is 17.3 Å². The van der Waals surface area contributed by atoms with Crippen LogP contribution < -0.4 is 9.47 Å².